The van der Waals surface area contributed by atoms with E-state index in [9.17, 15) is 26.3 Å². The van der Waals surface area contributed by atoms with Gasteiger partial charge in [0.2, 0.25) is 0 Å². The fourth-order valence-electron chi connectivity index (χ4n) is 2.93. The minimum absolute atomic E-state index is 0.0419. The van der Waals surface area contributed by atoms with Crippen molar-refractivity contribution in [2.75, 3.05) is 0 Å². The first-order valence-corrected chi connectivity index (χ1v) is 8.39. The number of benzene rings is 2. The van der Waals surface area contributed by atoms with Crippen LogP contribution in [0.15, 0.2) is 42.6 Å². The Morgan fingerprint density at radius 2 is 1.61 bits per heavy atom. The molecule has 4 rings (SSSR count). The number of hydrogen-bond donors (Lipinski definition) is 1. The van der Waals surface area contributed by atoms with E-state index in [-0.39, 0.29) is 33.1 Å². The monoisotopic (exact) mass is 396 g/mol. The van der Waals surface area contributed by atoms with Crippen LogP contribution in [0.3, 0.4) is 0 Å². The molecule has 2 heterocycles. The SMILES string of the molecule is CC.Fc1cc2c(-c3ccc4c(C(F)(F)F)cccc4n3)c[nH]c2c(F)c1F. The molecule has 0 saturated carbocycles. The Balaban J connectivity index is 0.00000109. The van der Waals surface area contributed by atoms with Crippen LogP contribution in [-0.2, 0) is 6.18 Å². The maximum Gasteiger partial charge on any atom is 0.417 e. The van der Waals surface area contributed by atoms with Gasteiger partial charge < -0.3 is 4.98 Å². The molecular weight excluding hydrogens is 382 g/mol. The summed E-state index contributed by atoms with van der Waals surface area (Å²) in [5, 5.41) is -0.0489. The summed E-state index contributed by atoms with van der Waals surface area (Å²) in [6, 6.07) is 6.96. The molecule has 0 bridgehead atoms. The van der Waals surface area contributed by atoms with Gasteiger partial charge in [0.1, 0.15) is 0 Å². The highest BCUT2D eigenvalue weighted by Gasteiger charge is 2.32. The topological polar surface area (TPSA) is 28.7 Å². The number of aromatic amines is 1. The van der Waals surface area contributed by atoms with Crippen LogP contribution in [0.25, 0.3) is 33.1 Å². The molecule has 0 atom stereocenters. The number of hydrogen-bond acceptors (Lipinski definition) is 1. The van der Waals surface area contributed by atoms with Crippen LogP contribution in [0.1, 0.15) is 19.4 Å². The quantitative estimate of drug-likeness (QED) is 0.277. The molecule has 0 fully saturated rings. The number of halogens is 6. The van der Waals surface area contributed by atoms with Gasteiger partial charge in [0.05, 0.1) is 22.3 Å². The number of alkyl halides is 3. The van der Waals surface area contributed by atoms with Crippen molar-refractivity contribution in [1.29, 1.82) is 0 Å². The number of rotatable bonds is 1. The smallest absolute Gasteiger partial charge is 0.358 e. The molecule has 0 saturated heterocycles. The number of pyridine rings is 1. The van der Waals surface area contributed by atoms with Gasteiger partial charge in [-0.25, -0.2) is 18.2 Å². The Morgan fingerprint density at radius 1 is 0.893 bits per heavy atom. The van der Waals surface area contributed by atoms with Crippen LogP contribution >= 0.6 is 0 Å². The molecular formula is C20H14F6N2. The molecule has 4 aromatic rings. The number of fused-ring (bicyclic) bond motifs is 2. The van der Waals surface area contributed by atoms with Gasteiger partial charge >= 0.3 is 6.18 Å². The molecule has 0 radical (unpaired) electrons. The Bertz CT molecular complexity index is 1160. The number of H-pyrrole nitrogens is 1. The first-order valence-electron chi connectivity index (χ1n) is 8.39. The summed E-state index contributed by atoms with van der Waals surface area (Å²) in [6.45, 7) is 4.00. The summed E-state index contributed by atoms with van der Waals surface area (Å²) in [6.07, 6.45) is -3.23. The first-order chi connectivity index (χ1) is 13.3. The summed E-state index contributed by atoms with van der Waals surface area (Å²) >= 11 is 0. The zero-order valence-corrected chi connectivity index (χ0v) is 14.8. The summed E-state index contributed by atoms with van der Waals surface area (Å²) in [5.41, 5.74) is -0.544. The Labute approximate surface area is 155 Å². The van der Waals surface area contributed by atoms with E-state index < -0.39 is 29.2 Å². The Hall–Kier alpha value is -3.03. The molecule has 0 aliphatic rings. The van der Waals surface area contributed by atoms with Crippen molar-refractivity contribution < 1.29 is 26.3 Å². The molecule has 0 amide bonds. The molecule has 0 aliphatic heterocycles. The Kier molecular flexibility index (Phi) is 5.06. The van der Waals surface area contributed by atoms with Gasteiger partial charge in [-0.15, -0.1) is 0 Å². The van der Waals surface area contributed by atoms with Crippen molar-refractivity contribution in [3.63, 3.8) is 0 Å². The molecule has 2 nitrogen and oxygen atoms in total. The average molecular weight is 396 g/mol. The minimum Gasteiger partial charge on any atom is -0.358 e. The molecule has 1 N–H and O–H groups in total. The minimum atomic E-state index is -4.53. The van der Waals surface area contributed by atoms with Crippen molar-refractivity contribution >= 4 is 21.8 Å². The van der Waals surface area contributed by atoms with E-state index in [0.29, 0.717) is 0 Å². The number of nitrogens with one attached hydrogen (secondary N) is 1. The molecule has 2 aromatic heterocycles. The summed E-state index contributed by atoms with van der Waals surface area (Å²) in [4.78, 5) is 6.67. The molecule has 2 aromatic carbocycles. The van der Waals surface area contributed by atoms with Crippen molar-refractivity contribution in [3.8, 4) is 11.3 Å². The summed E-state index contributed by atoms with van der Waals surface area (Å²) in [5.74, 6) is -4.34. The van der Waals surface area contributed by atoms with Crippen LogP contribution in [0.2, 0.25) is 0 Å². The maximum atomic E-state index is 13.8. The van der Waals surface area contributed by atoms with Crippen LogP contribution in [0.4, 0.5) is 26.3 Å². The predicted molar refractivity (Wildman–Crippen MR) is 95.3 cm³/mol. The highest BCUT2D eigenvalue weighted by atomic mass is 19.4. The zero-order chi connectivity index (χ0) is 20.6. The first kappa shape index (κ1) is 19.7. The number of aromatic nitrogens is 2. The molecule has 0 aliphatic carbocycles. The highest BCUT2D eigenvalue weighted by molar-refractivity contribution is 5.96. The van der Waals surface area contributed by atoms with E-state index in [1.54, 1.807) is 0 Å². The van der Waals surface area contributed by atoms with E-state index in [1.165, 1.54) is 30.5 Å². The van der Waals surface area contributed by atoms with E-state index in [0.717, 1.165) is 12.1 Å². The third-order valence-electron chi connectivity index (χ3n) is 4.13. The van der Waals surface area contributed by atoms with Gasteiger partial charge in [0.25, 0.3) is 0 Å². The molecule has 146 valence electrons. The van der Waals surface area contributed by atoms with Crippen molar-refractivity contribution in [2.24, 2.45) is 0 Å². The van der Waals surface area contributed by atoms with Crippen molar-refractivity contribution in [3.05, 3.63) is 65.6 Å². The Morgan fingerprint density at radius 3 is 2.29 bits per heavy atom. The van der Waals surface area contributed by atoms with E-state index in [4.69, 9.17) is 0 Å². The largest absolute Gasteiger partial charge is 0.417 e. The second kappa shape index (κ2) is 7.18. The number of nitrogens with zero attached hydrogens (tertiary/aromatic N) is 1. The van der Waals surface area contributed by atoms with Gasteiger partial charge in [-0.05, 0) is 24.3 Å². The third-order valence-corrected chi connectivity index (χ3v) is 4.13. The standard InChI is InChI=1S/C18H8F6N2.C2H6/c19-12-6-9-10(7-25-17(9)16(21)15(12)20)14-5-4-8-11(18(22,23)24)2-1-3-13(8)26-14;1-2/h1-7,25H;1-2H3. The second-order valence-electron chi connectivity index (χ2n) is 5.68. The average Bonchev–Trinajstić information content (AvgIpc) is 3.10. The van der Waals surface area contributed by atoms with Gasteiger partial charge in [-0.2, -0.15) is 13.2 Å². The third kappa shape index (κ3) is 3.19. The van der Waals surface area contributed by atoms with Gasteiger partial charge in [0.15, 0.2) is 17.5 Å². The lowest BCUT2D eigenvalue weighted by atomic mass is 10.0. The fourth-order valence-corrected chi connectivity index (χ4v) is 2.93. The zero-order valence-electron chi connectivity index (χ0n) is 14.8. The van der Waals surface area contributed by atoms with Gasteiger partial charge in [-0.1, -0.05) is 26.0 Å². The highest BCUT2D eigenvalue weighted by Crippen LogP contribution is 2.36. The van der Waals surface area contributed by atoms with Gasteiger partial charge in [0, 0.05) is 22.5 Å². The lowest BCUT2D eigenvalue weighted by Gasteiger charge is -2.10. The molecule has 8 heteroatoms. The van der Waals surface area contributed by atoms with Crippen molar-refractivity contribution in [2.45, 2.75) is 20.0 Å². The van der Waals surface area contributed by atoms with E-state index >= 15 is 0 Å². The van der Waals surface area contributed by atoms with Crippen molar-refractivity contribution in [1.82, 2.24) is 9.97 Å². The summed E-state index contributed by atoms with van der Waals surface area (Å²) in [7, 11) is 0. The van der Waals surface area contributed by atoms with Gasteiger partial charge in [-0.3, -0.25) is 0 Å². The lowest BCUT2D eigenvalue weighted by Crippen LogP contribution is -2.05. The van der Waals surface area contributed by atoms with Crippen LogP contribution in [0, 0.1) is 17.5 Å². The van der Waals surface area contributed by atoms with Crippen LogP contribution in [-0.4, -0.2) is 9.97 Å². The molecule has 28 heavy (non-hydrogen) atoms. The summed E-state index contributed by atoms with van der Waals surface area (Å²) < 4.78 is 79.9. The molecule has 0 unspecified atom stereocenters. The predicted octanol–water partition coefficient (Wildman–Crippen LogP) is 6.85. The fraction of sp³-hybridized carbons (Fsp3) is 0.150. The second-order valence-corrected chi connectivity index (χ2v) is 5.68. The lowest BCUT2D eigenvalue weighted by molar-refractivity contribution is -0.136. The van der Waals surface area contributed by atoms with Crippen LogP contribution < -0.4 is 0 Å². The normalized spacial score (nSPS) is 11.6. The maximum absolute atomic E-state index is 13.8. The van der Waals surface area contributed by atoms with Crippen LogP contribution in [0.5, 0.6) is 0 Å². The van der Waals surface area contributed by atoms with E-state index in [1.807, 2.05) is 13.8 Å². The van der Waals surface area contributed by atoms with E-state index in [2.05, 4.69) is 9.97 Å². The molecule has 0 spiro atoms.